The third-order valence-corrected chi connectivity index (χ3v) is 4.57. The van der Waals surface area contributed by atoms with Crippen LogP contribution in [0.4, 0.5) is 5.69 Å². The second kappa shape index (κ2) is 6.15. The van der Waals surface area contributed by atoms with Gasteiger partial charge in [-0.2, -0.15) is 0 Å². The topological polar surface area (TPSA) is 72.5 Å². The first kappa shape index (κ1) is 15.3. The van der Waals surface area contributed by atoms with E-state index in [4.69, 9.17) is 11.6 Å². The van der Waals surface area contributed by atoms with Crippen molar-refractivity contribution in [3.8, 4) is 0 Å². The van der Waals surface area contributed by atoms with Crippen molar-refractivity contribution in [3.05, 3.63) is 59.1 Å². The molecule has 0 saturated carbocycles. The van der Waals surface area contributed by atoms with Crippen molar-refractivity contribution in [2.75, 3.05) is 11.8 Å². The quantitative estimate of drug-likeness (QED) is 0.877. The van der Waals surface area contributed by atoms with Crippen molar-refractivity contribution in [2.24, 2.45) is 0 Å². The zero-order valence-electron chi connectivity index (χ0n) is 11.0. The second-order valence-electron chi connectivity index (χ2n) is 4.07. The third-order valence-electron chi connectivity index (χ3n) is 2.70. The number of sulfonamides is 1. The molecule has 0 spiro atoms. The van der Waals surface area contributed by atoms with Crippen LogP contribution >= 0.6 is 11.6 Å². The van der Waals surface area contributed by atoms with Gasteiger partial charge >= 0.3 is 5.97 Å². The Hall–Kier alpha value is -2.05. The highest BCUT2D eigenvalue weighted by Crippen LogP contribution is 2.25. The van der Waals surface area contributed by atoms with Crippen LogP contribution in [0.25, 0.3) is 0 Å². The van der Waals surface area contributed by atoms with E-state index in [2.05, 4.69) is 9.46 Å². The zero-order chi connectivity index (χ0) is 15.5. The normalized spacial score (nSPS) is 11.0. The average molecular weight is 326 g/mol. The van der Waals surface area contributed by atoms with Gasteiger partial charge in [0.05, 0.1) is 23.4 Å². The van der Waals surface area contributed by atoms with Gasteiger partial charge in [-0.1, -0.05) is 35.9 Å². The lowest BCUT2D eigenvalue weighted by atomic mass is 10.2. The van der Waals surface area contributed by atoms with Crippen LogP contribution in [0.5, 0.6) is 0 Å². The lowest BCUT2D eigenvalue weighted by Gasteiger charge is -2.12. The Morgan fingerprint density at radius 1 is 1.10 bits per heavy atom. The Morgan fingerprint density at radius 3 is 2.38 bits per heavy atom. The molecule has 0 aliphatic rings. The standard InChI is InChI=1S/C14H12ClNO4S/c1-20-14(17)10-6-2-4-8-12(10)16-21(18,19)13-9-5-3-7-11(13)15/h2-9,16H,1H3. The summed E-state index contributed by atoms with van der Waals surface area (Å²) in [7, 11) is -2.67. The molecule has 0 bridgehead atoms. The van der Waals surface area contributed by atoms with Gasteiger partial charge in [-0.3, -0.25) is 4.72 Å². The molecule has 1 N–H and O–H groups in total. The fourth-order valence-corrected chi connectivity index (χ4v) is 3.32. The Balaban J connectivity index is 2.43. The number of ether oxygens (including phenoxy) is 1. The van der Waals surface area contributed by atoms with Gasteiger partial charge in [0, 0.05) is 0 Å². The van der Waals surface area contributed by atoms with E-state index in [-0.39, 0.29) is 21.2 Å². The van der Waals surface area contributed by atoms with Crippen molar-refractivity contribution < 1.29 is 17.9 Å². The summed E-state index contributed by atoms with van der Waals surface area (Å²) in [6.45, 7) is 0. The van der Waals surface area contributed by atoms with Crippen LogP contribution in [0.15, 0.2) is 53.4 Å². The number of carbonyl (C=O) groups excluding carboxylic acids is 1. The second-order valence-corrected chi connectivity index (χ2v) is 6.13. The predicted molar refractivity (Wildman–Crippen MR) is 80.0 cm³/mol. The summed E-state index contributed by atoms with van der Waals surface area (Å²) in [5.74, 6) is -0.632. The Kier molecular flexibility index (Phi) is 4.50. The van der Waals surface area contributed by atoms with Crippen LogP contribution in [-0.4, -0.2) is 21.5 Å². The monoisotopic (exact) mass is 325 g/mol. The number of para-hydroxylation sites is 1. The van der Waals surface area contributed by atoms with E-state index in [9.17, 15) is 13.2 Å². The molecule has 0 aromatic heterocycles. The summed E-state index contributed by atoms with van der Waals surface area (Å²) in [6.07, 6.45) is 0. The third kappa shape index (κ3) is 3.34. The number of carbonyl (C=O) groups is 1. The summed E-state index contributed by atoms with van der Waals surface area (Å²) in [5.41, 5.74) is 0.250. The van der Waals surface area contributed by atoms with Crippen LogP contribution in [0.2, 0.25) is 5.02 Å². The van der Waals surface area contributed by atoms with Crippen molar-refractivity contribution in [2.45, 2.75) is 4.90 Å². The van der Waals surface area contributed by atoms with Crippen LogP contribution in [0.1, 0.15) is 10.4 Å². The lowest BCUT2D eigenvalue weighted by Crippen LogP contribution is -2.16. The maximum Gasteiger partial charge on any atom is 0.339 e. The van der Waals surface area contributed by atoms with Crippen LogP contribution < -0.4 is 4.72 Å². The van der Waals surface area contributed by atoms with E-state index in [1.807, 2.05) is 0 Å². The molecule has 5 nitrogen and oxygen atoms in total. The number of halogens is 1. The van der Waals surface area contributed by atoms with E-state index in [0.29, 0.717) is 0 Å². The van der Waals surface area contributed by atoms with Gasteiger partial charge in [0.15, 0.2) is 0 Å². The molecule has 0 aliphatic carbocycles. The van der Waals surface area contributed by atoms with E-state index >= 15 is 0 Å². The van der Waals surface area contributed by atoms with Crippen molar-refractivity contribution in [1.82, 2.24) is 0 Å². The van der Waals surface area contributed by atoms with E-state index in [1.54, 1.807) is 24.3 Å². The number of hydrogen-bond acceptors (Lipinski definition) is 4. The Morgan fingerprint density at radius 2 is 1.71 bits per heavy atom. The first-order valence-electron chi connectivity index (χ1n) is 5.90. The van der Waals surface area contributed by atoms with E-state index < -0.39 is 16.0 Å². The van der Waals surface area contributed by atoms with Crippen molar-refractivity contribution >= 4 is 33.3 Å². The van der Waals surface area contributed by atoms with Crippen LogP contribution in [0.3, 0.4) is 0 Å². The fraction of sp³-hybridized carbons (Fsp3) is 0.0714. The molecule has 2 aromatic rings. The zero-order valence-corrected chi connectivity index (χ0v) is 12.6. The Bertz CT molecular complexity index is 774. The fourth-order valence-electron chi connectivity index (χ4n) is 1.72. The summed E-state index contributed by atoms with van der Waals surface area (Å²) >= 11 is 5.89. The summed E-state index contributed by atoms with van der Waals surface area (Å²) in [4.78, 5) is 11.6. The summed E-state index contributed by atoms with van der Waals surface area (Å²) < 4.78 is 31.6. The molecule has 0 atom stereocenters. The van der Waals surface area contributed by atoms with Gasteiger partial charge in [-0.05, 0) is 24.3 Å². The molecule has 0 saturated heterocycles. The molecule has 21 heavy (non-hydrogen) atoms. The highest BCUT2D eigenvalue weighted by atomic mass is 35.5. The molecule has 0 aliphatic heterocycles. The molecule has 0 heterocycles. The molecular weight excluding hydrogens is 314 g/mol. The average Bonchev–Trinajstić information content (AvgIpc) is 2.47. The number of anilines is 1. The highest BCUT2D eigenvalue weighted by molar-refractivity contribution is 7.92. The lowest BCUT2D eigenvalue weighted by molar-refractivity contribution is 0.0602. The molecule has 110 valence electrons. The van der Waals surface area contributed by atoms with Crippen molar-refractivity contribution in [1.29, 1.82) is 0 Å². The van der Waals surface area contributed by atoms with E-state index in [0.717, 1.165) is 0 Å². The molecule has 0 radical (unpaired) electrons. The molecule has 2 aromatic carbocycles. The Labute approximate surface area is 127 Å². The number of hydrogen-bond donors (Lipinski definition) is 1. The maximum absolute atomic E-state index is 12.3. The number of methoxy groups -OCH3 is 1. The molecule has 2 rings (SSSR count). The first-order chi connectivity index (χ1) is 9.95. The molecule has 0 amide bonds. The van der Waals surface area contributed by atoms with Gasteiger partial charge in [0.25, 0.3) is 10.0 Å². The van der Waals surface area contributed by atoms with Gasteiger partial charge in [-0.25, -0.2) is 13.2 Å². The predicted octanol–water partition coefficient (Wildman–Crippen LogP) is 2.93. The highest BCUT2D eigenvalue weighted by Gasteiger charge is 2.20. The van der Waals surface area contributed by atoms with Gasteiger partial charge in [-0.15, -0.1) is 0 Å². The largest absolute Gasteiger partial charge is 0.465 e. The number of benzene rings is 2. The molecule has 7 heteroatoms. The number of rotatable bonds is 4. The van der Waals surface area contributed by atoms with Crippen LogP contribution in [-0.2, 0) is 14.8 Å². The minimum absolute atomic E-state index is 0.0636. The SMILES string of the molecule is COC(=O)c1ccccc1NS(=O)(=O)c1ccccc1Cl. The molecule has 0 unspecified atom stereocenters. The molecule has 0 fully saturated rings. The van der Waals surface area contributed by atoms with E-state index in [1.165, 1.54) is 31.4 Å². The smallest absolute Gasteiger partial charge is 0.339 e. The summed E-state index contributed by atoms with van der Waals surface area (Å²) in [6, 6.07) is 12.2. The molecular formula is C14H12ClNO4S. The van der Waals surface area contributed by atoms with Gasteiger partial charge < -0.3 is 4.74 Å². The van der Waals surface area contributed by atoms with Gasteiger partial charge in [0.1, 0.15) is 4.90 Å². The van der Waals surface area contributed by atoms with Gasteiger partial charge in [0.2, 0.25) is 0 Å². The van der Waals surface area contributed by atoms with Crippen molar-refractivity contribution in [3.63, 3.8) is 0 Å². The minimum atomic E-state index is -3.90. The number of esters is 1. The maximum atomic E-state index is 12.3. The number of nitrogens with one attached hydrogen (secondary N) is 1. The first-order valence-corrected chi connectivity index (χ1v) is 7.76. The van der Waals surface area contributed by atoms with Crippen LogP contribution in [0, 0.1) is 0 Å². The summed E-state index contributed by atoms with van der Waals surface area (Å²) in [5, 5.41) is 0.0977. The minimum Gasteiger partial charge on any atom is -0.465 e.